The van der Waals surface area contributed by atoms with E-state index in [-0.39, 0.29) is 23.1 Å². The number of ether oxygens (including phenoxy) is 1. The summed E-state index contributed by atoms with van der Waals surface area (Å²) in [6.07, 6.45) is 3.13. The van der Waals surface area contributed by atoms with Gasteiger partial charge in [0.05, 0.1) is 5.60 Å². The maximum Gasteiger partial charge on any atom is 0.315 e. The lowest BCUT2D eigenvalue weighted by Crippen LogP contribution is -2.69. The van der Waals surface area contributed by atoms with Crippen LogP contribution in [0.3, 0.4) is 0 Å². The quantitative estimate of drug-likeness (QED) is 0.769. The molecule has 2 atom stereocenters. The van der Waals surface area contributed by atoms with Gasteiger partial charge in [0.2, 0.25) is 0 Å². The third kappa shape index (κ3) is 1.79. The molecule has 0 aliphatic heterocycles. The predicted molar refractivity (Wildman–Crippen MR) is 62.3 cm³/mol. The molecule has 16 heavy (non-hydrogen) atoms. The molecule has 4 nitrogen and oxygen atoms in total. The topological polar surface area (TPSA) is 50.4 Å². The van der Waals surface area contributed by atoms with Crippen molar-refractivity contribution in [3.8, 4) is 0 Å². The van der Waals surface area contributed by atoms with Crippen molar-refractivity contribution in [2.75, 3.05) is 7.11 Å². The van der Waals surface area contributed by atoms with Crippen molar-refractivity contribution >= 4 is 6.03 Å². The molecule has 4 heteroatoms. The number of methoxy groups -OCH3 is 1. The standard InChI is InChI=1S/C12H22N2O2/c1-11(2)9(7-12(11,3)16-4)14-10(15)13-8-5-6-8/h8-9H,5-7H2,1-4H3,(H2,13,14,15)/t9-,12+/m0/s1. The molecule has 2 fully saturated rings. The van der Waals surface area contributed by atoms with E-state index in [1.54, 1.807) is 7.11 Å². The van der Waals surface area contributed by atoms with Gasteiger partial charge in [0.1, 0.15) is 0 Å². The molecule has 0 aromatic rings. The van der Waals surface area contributed by atoms with Gasteiger partial charge < -0.3 is 15.4 Å². The van der Waals surface area contributed by atoms with Crippen molar-refractivity contribution in [3.63, 3.8) is 0 Å². The van der Waals surface area contributed by atoms with Crippen LogP contribution in [0.5, 0.6) is 0 Å². The zero-order valence-electron chi connectivity index (χ0n) is 10.6. The summed E-state index contributed by atoms with van der Waals surface area (Å²) in [4.78, 5) is 11.6. The highest BCUT2D eigenvalue weighted by atomic mass is 16.5. The molecule has 0 unspecified atom stereocenters. The van der Waals surface area contributed by atoms with Crippen LogP contribution in [0.1, 0.15) is 40.0 Å². The maximum atomic E-state index is 11.6. The summed E-state index contributed by atoms with van der Waals surface area (Å²) < 4.78 is 5.52. The van der Waals surface area contributed by atoms with Crippen molar-refractivity contribution in [1.29, 1.82) is 0 Å². The van der Waals surface area contributed by atoms with Gasteiger partial charge in [-0.3, -0.25) is 0 Å². The fraction of sp³-hybridized carbons (Fsp3) is 0.917. The Bertz CT molecular complexity index is 299. The number of carbonyl (C=O) groups excluding carboxylic acids is 1. The Kier molecular flexibility index (Phi) is 2.65. The highest BCUT2D eigenvalue weighted by Gasteiger charge is 2.58. The Hall–Kier alpha value is -0.770. The second-order valence-electron chi connectivity index (χ2n) is 5.81. The van der Waals surface area contributed by atoms with Gasteiger partial charge in [0, 0.05) is 24.6 Å². The zero-order chi connectivity index (χ0) is 12.0. The van der Waals surface area contributed by atoms with Gasteiger partial charge in [-0.05, 0) is 26.2 Å². The lowest BCUT2D eigenvalue weighted by atomic mass is 9.56. The summed E-state index contributed by atoms with van der Waals surface area (Å²) in [7, 11) is 1.74. The molecule has 2 amide bonds. The summed E-state index contributed by atoms with van der Waals surface area (Å²) in [6, 6.07) is 0.590. The molecular formula is C12H22N2O2. The van der Waals surface area contributed by atoms with E-state index >= 15 is 0 Å². The Labute approximate surface area is 97.1 Å². The molecule has 2 rings (SSSR count). The first-order chi connectivity index (χ1) is 7.39. The first-order valence-electron chi connectivity index (χ1n) is 6.01. The molecule has 2 aliphatic rings. The van der Waals surface area contributed by atoms with Gasteiger partial charge in [-0.2, -0.15) is 0 Å². The molecule has 2 saturated carbocycles. The molecule has 0 heterocycles. The summed E-state index contributed by atoms with van der Waals surface area (Å²) in [6.45, 7) is 6.38. The predicted octanol–water partition coefficient (Wildman–Crippen LogP) is 1.65. The normalized spacial score (nSPS) is 36.4. The smallest absolute Gasteiger partial charge is 0.315 e. The Morgan fingerprint density at radius 1 is 1.25 bits per heavy atom. The number of amides is 2. The number of nitrogens with one attached hydrogen (secondary N) is 2. The van der Waals surface area contributed by atoms with Crippen LogP contribution in [-0.4, -0.2) is 30.8 Å². The lowest BCUT2D eigenvalue weighted by molar-refractivity contribution is -0.177. The van der Waals surface area contributed by atoms with Crippen LogP contribution in [0, 0.1) is 5.41 Å². The number of urea groups is 1. The van der Waals surface area contributed by atoms with E-state index in [0.29, 0.717) is 6.04 Å². The summed E-state index contributed by atoms with van der Waals surface area (Å²) in [5, 5.41) is 5.98. The molecule has 92 valence electrons. The Balaban J connectivity index is 1.85. The van der Waals surface area contributed by atoms with E-state index < -0.39 is 0 Å². The minimum absolute atomic E-state index is 0.0113. The van der Waals surface area contributed by atoms with Gasteiger partial charge in [0.15, 0.2) is 0 Å². The van der Waals surface area contributed by atoms with E-state index in [4.69, 9.17) is 4.74 Å². The average molecular weight is 226 g/mol. The van der Waals surface area contributed by atoms with Gasteiger partial charge >= 0.3 is 6.03 Å². The molecule has 0 saturated heterocycles. The van der Waals surface area contributed by atoms with Crippen molar-refractivity contribution in [3.05, 3.63) is 0 Å². The molecule has 0 aromatic carbocycles. The van der Waals surface area contributed by atoms with Gasteiger partial charge in [0.25, 0.3) is 0 Å². The monoisotopic (exact) mass is 226 g/mol. The number of hydrogen-bond acceptors (Lipinski definition) is 2. The number of hydrogen-bond donors (Lipinski definition) is 2. The Morgan fingerprint density at radius 2 is 1.88 bits per heavy atom. The first-order valence-corrected chi connectivity index (χ1v) is 6.01. The summed E-state index contributed by atoms with van der Waals surface area (Å²) in [5.74, 6) is 0. The fourth-order valence-corrected chi connectivity index (χ4v) is 2.34. The van der Waals surface area contributed by atoms with Crippen LogP contribution in [0.2, 0.25) is 0 Å². The second kappa shape index (κ2) is 3.62. The SMILES string of the molecule is CO[C@]1(C)C[C@H](NC(=O)NC2CC2)C1(C)C. The zero-order valence-corrected chi connectivity index (χ0v) is 10.6. The minimum Gasteiger partial charge on any atom is -0.378 e. The van der Waals surface area contributed by atoms with Crippen molar-refractivity contribution in [2.24, 2.45) is 5.41 Å². The molecule has 0 aromatic heterocycles. The second-order valence-corrected chi connectivity index (χ2v) is 5.81. The van der Waals surface area contributed by atoms with Crippen LogP contribution < -0.4 is 10.6 Å². The molecule has 2 N–H and O–H groups in total. The number of carbonyl (C=O) groups is 1. The largest absolute Gasteiger partial charge is 0.378 e. The minimum atomic E-state index is -0.121. The third-order valence-corrected chi connectivity index (χ3v) is 4.50. The highest BCUT2D eigenvalue weighted by Crippen LogP contribution is 2.51. The molecule has 0 spiro atoms. The van der Waals surface area contributed by atoms with Crippen LogP contribution in [0.4, 0.5) is 4.79 Å². The van der Waals surface area contributed by atoms with Crippen LogP contribution in [-0.2, 0) is 4.74 Å². The van der Waals surface area contributed by atoms with Crippen LogP contribution in [0.15, 0.2) is 0 Å². The highest BCUT2D eigenvalue weighted by molar-refractivity contribution is 5.75. The van der Waals surface area contributed by atoms with Crippen molar-refractivity contribution in [2.45, 2.75) is 57.7 Å². The van der Waals surface area contributed by atoms with Gasteiger partial charge in [-0.15, -0.1) is 0 Å². The molecule has 0 bridgehead atoms. The van der Waals surface area contributed by atoms with E-state index in [1.807, 2.05) is 0 Å². The van der Waals surface area contributed by atoms with E-state index in [9.17, 15) is 4.79 Å². The molecule has 0 radical (unpaired) electrons. The molecule has 2 aliphatic carbocycles. The average Bonchev–Trinajstić information content (AvgIpc) is 3.00. The summed E-state index contributed by atoms with van der Waals surface area (Å²) >= 11 is 0. The fourth-order valence-electron chi connectivity index (χ4n) is 2.34. The first kappa shape index (κ1) is 11.7. The maximum absolute atomic E-state index is 11.6. The Morgan fingerprint density at radius 3 is 2.31 bits per heavy atom. The number of rotatable bonds is 3. The van der Waals surface area contributed by atoms with E-state index in [0.717, 1.165) is 19.3 Å². The van der Waals surface area contributed by atoms with Crippen LogP contribution >= 0.6 is 0 Å². The van der Waals surface area contributed by atoms with E-state index in [1.165, 1.54) is 0 Å². The van der Waals surface area contributed by atoms with Gasteiger partial charge in [-0.1, -0.05) is 13.8 Å². The van der Waals surface area contributed by atoms with Crippen molar-refractivity contribution in [1.82, 2.24) is 10.6 Å². The van der Waals surface area contributed by atoms with Gasteiger partial charge in [-0.25, -0.2) is 4.79 Å². The lowest BCUT2D eigenvalue weighted by Gasteiger charge is -2.59. The third-order valence-electron chi connectivity index (χ3n) is 4.50. The molecular weight excluding hydrogens is 204 g/mol. The van der Waals surface area contributed by atoms with Crippen LogP contribution in [0.25, 0.3) is 0 Å². The summed E-state index contributed by atoms with van der Waals surface area (Å²) in [5.41, 5.74) is -0.132. The van der Waals surface area contributed by atoms with E-state index in [2.05, 4.69) is 31.4 Å². The van der Waals surface area contributed by atoms with Crippen molar-refractivity contribution < 1.29 is 9.53 Å².